The number of nitrogen functional groups attached to an aromatic ring is 1. The predicted molar refractivity (Wildman–Crippen MR) is 121 cm³/mol. The Hall–Kier alpha value is -3.69. The minimum absolute atomic E-state index is 0.206. The molecule has 3 aromatic rings. The van der Waals surface area contributed by atoms with Crippen LogP contribution in [0.4, 0.5) is 11.5 Å². The van der Waals surface area contributed by atoms with Crippen LogP contribution in [0.3, 0.4) is 0 Å². The topological polar surface area (TPSA) is 101 Å². The molecule has 0 spiro atoms. The molecule has 1 aromatic heterocycles. The van der Waals surface area contributed by atoms with Crippen molar-refractivity contribution < 1.29 is 9.90 Å². The van der Waals surface area contributed by atoms with Gasteiger partial charge >= 0.3 is 0 Å². The number of carbonyl (C=O) groups excluding carboxylic acids is 1. The van der Waals surface area contributed by atoms with Crippen molar-refractivity contribution >= 4 is 17.4 Å². The highest BCUT2D eigenvalue weighted by atomic mass is 16.3. The van der Waals surface area contributed by atoms with Crippen molar-refractivity contribution in [3.63, 3.8) is 0 Å². The van der Waals surface area contributed by atoms with Crippen LogP contribution in [0, 0.1) is 25.7 Å². The Morgan fingerprint density at radius 2 is 2.03 bits per heavy atom. The van der Waals surface area contributed by atoms with Gasteiger partial charge in [0, 0.05) is 16.8 Å². The van der Waals surface area contributed by atoms with Crippen molar-refractivity contribution in [3.05, 3.63) is 81.8 Å². The summed E-state index contributed by atoms with van der Waals surface area (Å²) in [6.07, 6.45) is 3.76. The van der Waals surface area contributed by atoms with E-state index in [-0.39, 0.29) is 5.91 Å². The number of hydrogen-bond acceptors (Lipinski definition) is 5. The van der Waals surface area contributed by atoms with Gasteiger partial charge < -0.3 is 16.2 Å². The summed E-state index contributed by atoms with van der Waals surface area (Å²) in [5.74, 6) is 6.25. The number of rotatable bonds is 2. The highest BCUT2D eigenvalue weighted by Gasteiger charge is 2.18. The second-order valence-corrected chi connectivity index (χ2v) is 7.78. The van der Waals surface area contributed by atoms with E-state index in [1.807, 2.05) is 31.2 Å². The second-order valence-electron chi connectivity index (χ2n) is 7.78. The molecule has 0 saturated carbocycles. The van der Waals surface area contributed by atoms with E-state index in [1.54, 1.807) is 19.1 Å². The molecule has 1 heterocycles. The first-order valence-corrected chi connectivity index (χ1v) is 10.2. The molecule has 1 atom stereocenters. The maximum atomic E-state index is 12.8. The van der Waals surface area contributed by atoms with Crippen LogP contribution in [0.5, 0.6) is 0 Å². The number of hydrogen-bond donors (Lipinski definition) is 3. The summed E-state index contributed by atoms with van der Waals surface area (Å²) in [5.41, 5.74) is 11.9. The van der Waals surface area contributed by atoms with Crippen molar-refractivity contribution in [3.8, 4) is 11.8 Å². The van der Waals surface area contributed by atoms with Crippen LogP contribution in [0.25, 0.3) is 0 Å². The number of aliphatic hydroxyl groups excluding tert-OH is 1. The van der Waals surface area contributed by atoms with Crippen molar-refractivity contribution in [1.82, 2.24) is 9.97 Å². The Kier molecular flexibility index (Phi) is 5.70. The average Bonchev–Trinajstić information content (AvgIpc) is 2.75. The molecular formula is C25H24N4O2. The van der Waals surface area contributed by atoms with E-state index in [1.165, 1.54) is 6.20 Å². The van der Waals surface area contributed by atoms with Crippen molar-refractivity contribution in [2.24, 2.45) is 0 Å². The Morgan fingerprint density at radius 1 is 1.19 bits per heavy atom. The molecule has 1 aliphatic carbocycles. The van der Waals surface area contributed by atoms with Gasteiger partial charge in [0.2, 0.25) is 0 Å². The van der Waals surface area contributed by atoms with E-state index >= 15 is 0 Å². The van der Waals surface area contributed by atoms with Gasteiger partial charge in [-0.15, -0.1) is 0 Å². The minimum Gasteiger partial charge on any atom is -0.388 e. The highest BCUT2D eigenvalue weighted by molar-refractivity contribution is 6.04. The number of aromatic nitrogens is 2. The lowest BCUT2D eigenvalue weighted by Crippen LogP contribution is -2.14. The lowest BCUT2D eigenvalue weighted by atomic mass is 9.89. The average molecular weight is 412 g/mol. The Bertz CT molecular complexity index is 1220. The number of aryl methyl sites for hydroxylation is 3. The molecule has 6 heteroatoms. The zero-order valence-electron chi connectivity index (χ0n) is 17.6. The van der Waals surface area contributed by atoms with Crippen LogP contribution in [0.1, 0.15) is 62.9 Å². The predicted octanol–water partition coefficient (Wildman–Crippen LogP) is 3.70. The maximum absolute atomic E-state index is 12.8. The van der Waals surface area contributed by atoms with Crippen molar-refractivity contribution in [1.29, 1.82) is 0 Å². The van der Waals surface area contributed by atoms with E-state index in [0.717, 1.165) is 47.2 Å². The monoisotopic (exact) mass is 412 g/mol. The van der Waals surface area contributed by atoms with Crippen molar-refractivity contribution in [2.75, 3.05) is 11.1 Å². The molecule has 6 nitrogen and oxygen atoms in total. The van der Waals surface area contributed by atoms with Crippen LogP contribution < -0.4 is 11.1 Å². The number of benzene rings is 2. The van der Waals surface area contributed by atoms with E-state index < -0.39 is 6.10 Å². The fourth-order valence-corrected chi connectivity index (χ4v) is 3.65. The first-order chi connectivity index (χ1) is 14.9. The van der Waals surface area contributed by atoms with Gasteiger partial charge in [-0.1, -0.05) is 18.1 Å². The van der Waals surface area contributed by atoms with E-state index in [4.69, 9.17) is 5.73 Å². The quantitative estimate of drug-likeness (QED) is 0.557. The van der Waals surface area contributed by atoms with Gasteiger partial charge in [0.25, 0.3) is 5.91 Å². The summed E-state index contributed by atoms with van der Waals surface area (Å²) in [5, 5.41) is 13.1. The van der Waals surface area contributed by atoms with Gasteiger partial charge in [-0.3, -0.25) is 4.79 Å². The molecule has 1 amide bonds. The smallest absolute Gasteiger partial charge is 0.255 e. The first-order valence-electron chi connectivity index (χ1n) is 10.2. The summed E-state index contributed by atoms with van der Waals surface area (Å²) in [4.78, 5) is 21.2. The van der Waals surface area contributed by atoms with Gasteiger partial charge in [0.1, 0.15) is 11.5 Å². The van der Waals surface area contributed by atoms with Crippen molar-refractivity contribution in [2.45, 2.75) is 39.2 Å². The number of fused-ring (bicyclic) bond motifs is 1. The van der Waals surface area contributed by atoms with E-state index in [9.17, 15) is 9.90 Å². The zero-order valence-corrected chi connectivity index (χ0v) is 17.6. The number of aliphatic hydroxyl groups is 1. The highest BCUT2D eigenvalue weighted by Crippen LogP contribution is 2.31. The second kappa shape index (κ2) is 8.58. The molecule has 0 unspecified atom stereocenters. The number of nitrogens with two attached hydrogens (primary N) is 1. The van der Waals surface area contributed by atoms with Crippen LogP contribution in [0.2, 0.25) is 0 Å². The third kappa shape index (κ3) is 4.57. The lowest BCUT2D eigenvalue weighted by molar-refractivity contribution is 0.102. The summed E-state index contributed by atoms with van der Waals surface area (Å²) < 4.78 is 0. The normalized spacial score (nSPS) is 14.9. The zero-order chi connectivity index (χ0) is 22.0. The molecule has 0 radical (unpaired) electrons. The molecule has 4 N–H and O–H groups in total. The number of amides is 1. The van der Waals surface area contributed by atoms with E-state index in [2.05, 4.69) is 27.1 Å². The summed E-state index contributed by atoms with van der Waals surface area (Å²) in [6, 6.07) is 11.1. The van der Waals surface area contributed by atoms with E-state index in [0.29, 0.717) is 22.8 Å². The van der Waals surface area contributed by atoms with Crippen LogP contribution in [-0.4, -0.2) is 21.0 Å². The van der Waals surface area contributed by atoms with Crippen LogP contribution in [-0.2, 0) is 6.42 Å². The Morgan fingerprint density at radius 3 is 2.84 bits per heavy atom. The largest absolute Gasteiger partial charge is 0.388 e. The summed E-state index contributed by atoms with van der Waals surface area (Å²) >= 11 is 0. The number of carbonyl (C=O) groups is 1. The molecule has 0 aliphatic heterocycles. The molecular weight excluding hydrogens is 388 g/mol. The first kappa shape index (κ1) is 20.6. The molecule has 0 bridgehead atoms. The summed E-state index contributed by atoms with van der Waals surface area (Å²) in [6.45, 7) is 3.73. The minimum atomic E-state index is -0.415. The van der Waals surface area contributed by atoms with Gasteiger partial charge in [-0.05, 0) is 80.0 Å². The third-order valence-corrected chi connectivity index (χ3v) is 5.49. The third-order valence-electron chi connectivity index (χ3n) is 5.49. The fraction of sp³-hybridized carbons (Fsp3) is 0.240. The molecule has 31 heavy (non-hydrogen) atoms. The van der Waals surface area contributed by atoms with Crippen LogP contribution >= 0.6 is 0 Å². The molecule has 2 aromatic carbocycles. The number of nitrogens with zero attached hydrogens (tertiary/aromatic N) is 2. The fourth-order valence-electron chi connectivity index (χ4n) is 3.65. The molecule has 4 rings (SSSR count). The number of anilines is 2. The van der Waals surface area contributed by atoms with Gasteiger partial charge in [-0.2, -0.15) is 0 Å². The van der Waals surface area contributed by atoms with Gasteiger partial charge in [0.05, 0.1) is 18.0 Å². The molecule has 1 aliphatic rings. The molecule has 0 fully saturated rings. The lowest BCUT2D eigenvalue weighted by Gasteiger charge is -2.22. The maximum Gasteiger partial charge on any atom is 0.255 e. The standard InChI is InChI=1S/C25H24N4O2/c1-15-6-7-19(12-17(15)8-9-21-14-27-24(26)16(2)28-21)25(31)29-20-10-11-22-18(13-20)4-3-5-23(22)30/h6-7,10-14,23,30H,3-5H2,1-2H3,(H2,26,27)(H,29,31)/t23-/m0/s1. The van der Waals surface area contributed by atoms with Gasteiger partial charge in [0.15, 0.2) is 0 Å². The Labute approximate surface area is 181 Å². The number of nitrogens with one attached hydrogen (secondary N) is 1. The van der Waals surface area contributed by atoms with Gasteiger partial charge in [-0.25, -0.2) is 9.97 Å². The molecule has 156 valence electrons. The SMILES string of the molecule is Cc1ccc(C(=O)Nc2ccc3c(c2)CCC[C@@H]3O)cc1C#Cc1cnc(N)c(C)n1. The summed E-state index contributed by atoms with van der Waals surface area (Å²) in [7, 11) is 0. The Balaban J connectivity index is 1.55. The van der Waals surface area contributed by atoms with Crippen LogP contribution in [0.15, 0.2) is 42.6 Å². The molecule has 0 saturated heterocycles.